The van der Waals surface area contributed by atoms with Crippen LogP contribution in [0.5, 0.6) is 0 Å². The van der Waals surface area contributed by atoms with Gasteiger partial charge in [0, 0.05) is 22.9 Å². The van der Waals surface area contributed by atoms with E-state index in [1.54, 1.807) is 12.1 Å². The Kier molecular flexibility index (Phi) is 3.76. The van der Waals surface area contributed by atoms with Crippen molar-refractivity contribution in [1.29, 1.82) is 0 Å². The smallest absolute Gasteiger partial charge is 0.127 e. The number of ether oxygens (including phenoxy) is 1. The van der Waals surface area contributed by atoms with Gasteiger partial charge in [-0.25, -0.2) is 4.39 Å². The molecule has 1 nitrogen and oxygen atoms in total. The molecule has 0 bridgehead atoms. The first kappa shape index (κ1) is 13.7. The highest BCUT2D eigenvalue weighted by Crippen LogP contribution is 2.50. The standard InChI is InChI=1S/C15H17Cl2FO/c16-9-15(5-6-19-14(15)10-1-2-10)8-11-3-4-12(17)7-13(11)18/h3-4,7,10,14H,1-2,5-6,8-9H2. The van der Waals surface area contributed by atoms with E-state index in [0.717, 1.165) is 13.0 Å². The zero-order chi connectivity index (χ0) is 13.5. The number of hydrogen-bond acceptors (Lipinski definition) is 1. The summed E-state index contributed by atoms with van der Waals surface area (Å²) in [7, 11) is 0. The summed E-state index contributed by atoms with van der Waals surface area (Å²) in [6.07, 6.45) is 4.18. The maximum atomic E-state index is 14.0. The zero-order valence-corrected chi connectivity index (χ0v) is 12.2. The van der Waals surface area contributed by atoms with E-state index in [2.05, 4.69) is 0 Å². The van der Waals surface area contributed by atoms with Gasteiger partial charge in [-0.15, -0.1) is 11.6 Å². The van der Waals surface area contributed by atoms with E-state index >= 15 is 0 Å². The third-order valence-corrected chi connectivity index (χ3v) is 5.14. The van der Waals surface area contributed by atoms with Crippen molar-refractivity contribution in [1.82, 2.24) is 0 Å². The molecule has 1 saturated carbocycles. The predicted molar refractivity (Wildman–Crippen MR) is 75.3 cm³/mol. The minimum absolute atomic E-state index is 0.114. The highest BCUT2D eigenvalue weighted by atomic mass is 35.5. The molecule has 1 heterocycles. The summed E-state index contributed by atoms with van der Waals surface area (Å²) < 4.78 is 19.9. The minimum Gasteiger partial charge on any atom is -0.377 e. The maximum absolute atomic E-state index is 14.0. The van der Waals surface area contributed by atoms with Gasteiger partial charge < -0.3 is 4.74 Å². The molecule has 0 N–H and O–H groups in total. The fourth-order valence-corrected chi connectivity index (χ4v) is 3.71. The lowest BCUT2D eigenvalue weighted by atomic mass is 9.75. The van der Waals surface area contributed by atoms with Crippen LogP contribution in [-0.4, -0.2) is 18.6 Å². The van der Waals surface area contributed by atoms with E-state index < -0.39 is 0 Å². The summed E-state index contributed by atoms with van der Waals surface area (Å²) in [6.45, 7) is 0.739. The number of benzene rings is 1. The second-order valence-corrected chi connectivity index (χ2v) is 6.49. The van der Waals surface area contributed by atoms with E-state index in [1.807, 2.05) is 0 Å². The largest absolute Gasteiger partial charge is 0.377 e. The normalized spacial score (nSPS) is 30.8. The molecule has 19 heavy (non-hydrogen) atoms. The Labute approximate surface area is 123 Å². The average Bonchev–Trinajstić information content (AvgIpc) is 3.15. The third-order valence-electron chi connectivity index (χ3n) is 4.37. The highest BCUT2D eigenvalue weighted by Gasteiger charge is 2.50. The zero-order valence-electron chi connectivity index (χ0n) is 10.7. The molecule has 2 unspecified atom stereocenters. The van der Waals surface area contributed by atoms with Crippen molar-refractivity contribution < 1.29 is 9.13 Å². The summed E-state index contributed by atoms with van der Waals surface area (Å²) >= 11 is 12.0. The molecule has 2 atom stereocenters. The van der Waals surface area contributed by atoms with Crippen LogP contribution in [0.2, 0.25) is 5.02 Å². The van der Waals surface area contributed by atoms with E-state index in [0.29, 0.717) is 28.8 Å². The Bertz CT molecular complexity index is 475. The molecule has 2 fully saturated rings. The van der Waals surface area contributed by atoms with E-state index in [1.165, 1.54) is 18.9 Å². The highest BCUT2D eigenvalue weighted by molar-refractivity contribution is 6.30. The quantitative estimate of drug-likeness (QED) is 0.747. The van der Waals surface area contributed by atoms with Crippen LogP contribution in [0.15, 0.2) is 18.2 Å². The molecule has 1 aliphatic carbocycles. The second kappa shape index (κ2) is 5.23. The molecule has 4 heteroatoms. The van der Waals surface area contributed by atoms with Gasteiger partial charge in [0.15, 0.2) is 0 Å². The van der Waals surface area contributed by atoms with Gasteiger partial charge in [0.25, 0.3) is 0 Å². The molecular formula is C15H17Cl2FO. The van der Waals surface area contributed by atoms with Crippen molar-refractivity contribution in [3.05, 3.63) is 34.6 Å². The van der Waals surface area contributed by atoms with Crippen molar-refractivity contribution in [2.75, 3.05) is 12.5 Å². The molecule has 0 spiro atoms. The Morgan fingerprint density at radius 1 is 1.37 bits per heavy atom. The summed E-state index contributed by atoms with van der Waals surface area (Å²) in [5, 5.41) is 0.433. The number of hydrogen-bond donors (Lipinski definition) is 0. The van der Waals surface area contributed by atoms with Crippen LogP contribution < -0.4 is 0 Å². The van der Waals surface area contributed by atoms with Gasteiger partial charge in [-0.05, 0) is 49.3 Å². The van der Waals surface area contributed by atoms with Gasteiger partial charge in [-0.2, -0.15) is 0 Å². The molecule has 1 saturated heterocycles. The Hall–Kier alpha value is -0.310. The lowest BCUT2D eigenvalue weighted by Gasteiger charge is -2.32. The molecule has 0 radical (unpaired) electrons. The lowest BCUT2D eigenvalue weighted by Crippen LogP contribution is -2.37. The Balaban J connectivity index is 1.85. The first-order valence-corrected chi connectivity index (χ1v) is 7.67. The van der Waals surface area contributed by atoms with Crippen LogP contribution in [0, 0.1) is 17.2 Å². The maximum Gasteiger partial charge on any atom is 0.127 e. The van der Waals surface area contributed by atoms with Crippen LogP contribution in [0.1, 0.15) is 24.8 Å². The fraction of sp³-hybridized carbons (Fsp3) is 0.600. The third kappa shape index (κ3) is 2.63. The van der Waals surface area contributed by atoms with Crippen molar-refractivity contribution in [3.8, 4) is 0 Å². The number of alkyl halides is 1. The molecule has 3 rings (SSSR count). The van der Waals surface area contributed by atoms with Gasteiger partial charge in [-0.1, -0.05) is 17.7 Å². The van der Waals surface area contributed by atoms with E-state index in [-0.39, 0.29) is 17.3 Å². The molecule has 2 aliphatic rings. The van der Waals surface area contributed by atoms with Gasteiger partial charge in [-0.3, -0.25) is 0 Å². The summed E-state index contributed by atoms with van der Waals surface area (Å²) in [4.78, 5) is 0. The molecule has 104 valence electrons. The van der Waals surface area contributed by atoms with Crippen molar-refractivity contribution >= 4 is 23.2 Å². The van der Waals surface area contributed by atoms with Gasteiger partial charge in [0.1, 0.15) is 5.82 Å². The fourth-order valence-electron chi connectivity index (χ4n) is 3.17. The van der Waals surface area contributed by atoms with Gasteiger partial charge in [0.05, 0.1) is 6.10 Å². The monoisotopic (exact) mass is 302 g/mol. The topological polar surface area (TPSA) is 9.23 Å². The van der Waals surface area contributed by atoms with Crippen molar-refractivity contribution in [3.63, 3.8) is 0 Å². The number of rotatable bonds is 4. The van der Waals surface area contributed by atoms with E-state index in [9.17, 15) is 4.39 Å². The SMILES string of the molecule is Fc1cc(Cl)ccc1CC1(CCl)CCOC1C1CC1. The summed E-state index contributed by atoms with van der Waals surface area (Å²) in [5.41, 5.74) is 0.582. The lowest BCUT2D eigenvalue weighted by molar-refractivity contribution is 0.0400. The van der Waals surface area contributed by atoms with Crippen LogP contribution in [0.3, 0.4) is 0 Å². The molecular weight excluding hydrogens is 286 g/mol. The predicted octanol–water partition coefficient (Wildman–Crippen LogP) is 4.45. The molecule has 1 aromatic rings. The molecule has 0 amide bonds. The van der Waals surface area contributed by atoms with Crippen molar-refractivity contribution in [2.24, 2.45) is 11.3 Å². The number of halogens is 3. The van der Waals surface area contributed by atoms with Crippen molar-refractivity contribution in [2.45, 2.75) is 31.8 Å². The van der Waals surface area contributed by atoms with Crippen LogP contribution in [0.25, 0.3) is 0 Å². The second-order valence-electron chi connectivity index (χ2n) is 5.79. The first-order chi connectivity index (χ1) is 9.14. The van der Waals surface area contributed by atoms with Crippen LogP contribution in [0.4, 0.5) is 4.39 Å². The molecule has 1 aromatic carbocycles. The Morgan fingerprint density at radius 2 is 2.16 bits per heavy atom. The average molecular weight is 303 g/mol. The first-order valence-electron chi connectivity index (χ1n) is 6.76. The van der Waals surface area contributed by atoms with Crippen LogP contribution >= 0.6 is 23.2 Å². The Morgan fingerprint density at radius 3 is 2.79 bits per heavy atom. The van der Waals surface area contributed by atoms with Gasteiger partial charge in [0.2, 0.25) is 0 Å². The summed E-state index contributed by atoms with van der Waals surface area (Å²) in [5.74, 6) is 0.908. The van der Waals surface area contributed by atoms with E-state index in [4.69, 9.17) is 27.9 Å². The summed E-state index contributed by atoms with van der Waals surface area (Å²) in [6, 6.07) is 4.89. The molecule has 1 aliphatic heterocycles. The molecule has 0 aromatic heterocycles. The minimum atomic E-state index is -0.238. The van der Waals surface area contributed by atoms with Gasteiger partial charge >= 0.3 is 0 Å². The van der Waals surface area contributed by atoms with Crippen LogP contribution in [-0.2, 0) is 11.2 Å².